The van der Waals surface area contributed by atoms with Gasteiger partial charge in [-0.25, -0.2) is 0 Å². The summed E-state index contributed by atoms with van der Waals surface area (Å²) in [7, 11) is 1.61. The van der Waals surface area contributed by atoms with Crippen molar-refractivity contribution in [3.05, 3.63) is 51.4 Å². The lowest BCUT2D eigenvalue weighted by atomic mass is 9.99. The number of nitriles is 1. The fraction of sp³-hybridized carbons (Fsp3) is 0.200. The average Bonchev–Trinajstić information content (AvgIpc) is 2.37. The zero-order valence-corrected chi connectivity index (χ0v) is 11.1. The maximum Gasteiger partial charge on any atom is 0.266 e. The summed E-state index contributed by atoms with van der Waals surface area (Å²) in [4.78, 5) is 14.4. The summed E-state index contributed by atoms with van der Waals surface area (Å²) in [5, 5.41) is 9.13. The molecule has 0 radical (unpaired) electrons. The van der Waals surface area contributed by atoms with Gasteiger partial charge in [-0.2, -0.15) is 5.26 Å². The summed E-state index contributed by atoms with van der Waals surface area (Å²) >= 11 is 0. The summed E-state index contributed by atoms with van der Waals surface area (Å²) in [6, 6.07) is 9.36. The van der Waals surface area contributed by atoms with Crippen molar-refractivity contribution >= 4 is 0 Å². The summed E-state index contributed by atoms with van der Waals surface area (Å²) in [6.07, 6.45) is 0. The van der Waals surface area contributed by atoms with Gasteiger partial charge >= 0.3 is 0 Å². The third kappa shape index (κ3) is 2.36. The van der Waals surface area contributed by atoms with E-state index in [0.717, 1.165) is 22.6 Å². The fourth-order valence-corrected chi connectivity index (χ4v) is 2.07. The van der Waals surface area contributed by atoms with E-state index in [0.29, 0.717) is 5.56 Å². The standard InChI is InChI=1S/C15H14N2O2/c1-9-6-11(4-5-14(9)19-3)12-7-10(2)17-15(18)13(12)8-16/h4-7H,1-3H3,(H,17,18). The van der Waals surface area contributed by atoms with Crippen molar-refractivity contribution in [3.63, 3.8) is 0 Å². The first kappa shape index (κ1) is 12.9. The zero-order chi connectivity index (χ0) is 14.0. The smallest absolute Gasteiger partial charge is 0.266 e. The molecule has 1 heterocycles. The molecule has 96 valence electrons. The minimum atomic E-state index is -0.356. The van der Waals surface area contributed by atoms with E-state index in [-0.39, 0.29) is 11.1 Å². The maximum absolute atomic E-state index is 11.8. The highest BCUT2D eigenvalue weighted by Gasteiger charge is 2.11. The van der Waals surface area contributed by atoms with E-state index < -0.39 is 0 Å². The quantitative estimate of drug-likeness (QED) is 0.895. The summed E-state index contributed by atoms with van der Waals surface area (Å²) in [5.41, 5.74) is 2.95. The van der Waals surface area contributed by atoms with E-state index in [2.05, 4.69) is 4.98 Å². The number of aromatic amines is 1. The lowest BCUT2D eigenvalue weighted by Gasteiger charge is -2.09. The van der Waals surface area contributed by atoms with E-state index in [1.54, 1.807) is 20.1 Å². The predicted molar refractivity (Wildman–Crippen MR) is 73.2 cm³/mol. The normalized spacial score (nSPS) is 10.0. The number of hydrogen-bond acceptors (Lipinski definition) is 3. The molecule has 0 spiro atoms. The van der Waals surface area contributed by atoms with Gasteiger partial charge in [-0.15, -0.1) is 0 Å². The topological polar surface area (TPSA) is 65.9 Å². The Hall–Kier alpha value is -2.54. The van der Waals surface area contributed by atoms with Gasteiger partial charge in [0.2, 0.25) is 0 Å². The van der Waals surface area contributed by atoms with Gasteiger partial charge in [0.25, 0.3) is 5.56 Å². The minimum absolute atomic E-state index is 0.134. The number of nitrogens with zero attached hydrogens (tertiary/aromatic N) is 1. The van der Waals surface area contributed by atoms with Crippen molar-refractivity contribution in [1.82, 2.24) is 4.98 Å². The molecule has 1 N–H and O–H groups in total. The lowest BCUT2D eigenvalue weighted by Crippen LogP contribution is -2.12. The molecule has 4 nitrogen and oxygen atoms in total. The van der Waals surface area contributed by atoms with Crippen molar-refractivity contribution < 1.29 is 4.74 Å². The molecule has 0 bridgehead atoms. The molecule has 4 heteroatoms. The number of H-pyrrole nitrogens is 1. The SMILES string of the molecule is COc1ccc(-c2cc(C)[nH]c(=O)c2C#N)cc1C. The van der Waals surface area contributed by atoms with Crippen molar-refractivity contribution in [2.45, 2.75) is 13.8 Å². The number of methoxy groups -OCH3 is 1. The molecule has 1 aromatic heterocycles. The van der Waals surface area contributed by atoms with Crippen LogP contribution in [0.2, 0.25) is 0 Å². The van der Waals surface area contributed by atoms with E-state index in [4.69, 9.17) is 10.00 Å². The second-order valence-corrected chi connectivity index (χ2v) is 4.37. The number of aromatic nitrogens is 1. The van der Waals surface area contributed by atoms with Crippen LogP contribution in [-0.2, 0) is 0 Å². The predicted octanol–water partition coefficient (Wildman–Crippen LogP) is 2.54. The molecular weight excluding hydrogens is 240 g/mol. The second kappa shape index (κ2) is 4.99. The van der Waals surface area contributed by atoms with Crippen molar-refractivity contribution in [2.75, 3.05) is 7.11 Å². The van der Waals surface area contributed by atoms with E-state index in [9.17, 15) is 4.79 Å². The van der Waals surface area contributed by atoms with Crippen molar-refractivity contribution in [1.29, 1.82) is 5.26 Å². The Morgan fingerprint density at radius 2 is 2.00 bits per heavy atom. The number of pyridine rings is 1. The van der Waals surface area contributed by atoms with Gasteiger partial charge in [-0.05, 0) is 43.2 Å². The third-order valence-corrected chi connectivity index (χ3v) is 2.99. The monoisotopic (exact) mass is 254 g/mol. The molecule has 19 heavy (non-hydrogen) atoms. The van der Waals surface area contributed by atoms with Gasteiger partial charge in [0.15, 0.2) is 0 Å². The zero-order valence-electron chi connectivity index (χ0n) is 11.1. The van der Waals surface area contributed by atoms with Crippen LogP contribution >= 0.6 is 0 Å². The number of nitrogens with one attached hydrogen (secondary N) is 1. The first-order valence-electron chi connectivity index (χ1n) is 5.86. The molecular formula is C15H14N2O2. The largest absolute Gasteiger partial charge is 0.496 e. The molecule has 0 saturated heterocycles. The van der Waals surface area contributed by atoms with E-state index in [1.165, 1.54) is 0 Å². The average molecular weight is 254 g/mol. The highest BCUT2D eigenvalue weighted by Crippen LogP contribution is 2.27. The Balaban J connectivity index is 2.69. The number of ether oxygens (including phenoxy) is 1. The molecule has 0 fully saturated rings. The van der Waals surface area contributed by atoms with Crippen LogP contribution in [0.25, 0.3) is 11.1 Å². The van der Waals surface area contributed by atoms with Gasteiger partial charge in [0.05, 0.1) is 7.11 Å². The molecule has 1 aromatic carbocycles. The van der Waals surface area contributed by atoms with Crippen LogP contribution in [-0.4, -0.2) is 12.1 Å². The highest BCUT2D eigenvalue weighted by atomic mass is 16.5. The molecule has 0 saturated carbocycles. The summed E-state index contributed by atoms with van der Waals surface area (Å²) < 4.78 is 5.21. The molecule has 0 aliphatic carbocycles. The number of aryl methyl sites for hydroxylation is 2. The highest BCUT2D eigenvalue weighted by molar-refractivity contribution is 5.71. The Bertz CT molecular complexity index is 724. The fourth-order valence-electron chi connectivity index (χ4n) is 2.07. The van der Waals surface area contributed by atoms with Gasteiger partial charge < -0.3 is 9.72 Å². The van der Waals surface area contributed by atoms with Crippen molar-refractivity contribution in [3.8, 4) is 22.9 Å². The number of rotatable bonds is 2. The minimum Gasteiger partial charge on any atom is -0.496 e. The third-order valence-electron chi connectivity index (χ3n) is 2.99. The first-order valence-corrected chi connectivity index (χ1v) is 5.86. The molecule has 0 unspecified atom stereocenters. The molecule has 2 aromatic rings. The van der Waals surface area contributed by atoms with Crippen LogP contribution in [0.4, 0.5) is 0 Å². The summed E-state index contributed by atoms with van der Waals surface area (Å²) in [6.45, 7) is 3.72. The van der Waals surface area contributed by atoms with Crippen LogP contribution < -0.4 is 10.3 Å². The molecule has 0 aliphatic heterocycles. The molecule has 0 aliphatic rings. The molecule has 2 rings (SSSR count). The molecule has 0 atom stereocenters. The van der Waals surface area contributed by atoms with Crippen LogP contribution in [0.15, 0.2) is 29.1 Å². The lowest BCUT2D eigenvalue weighted by molar-refractivity contribution is 0.412. The van der Waals surface area contributed by atoms with Gasteiger partial charge in [-0.3, -0.25) is 4.79 Å². The van der Waals surface area contributed by atoms with E-state index >= 15 is 0 Å². The second-order valence-electron chi connectivity index (χ2n) is 4.37. The van der Waals surface area contributed by atoms with Crippen LogP contribution in [0.1, 0.15) is 16.8 Å². The molecule has 0 amide bonds. The maximum atomic E-state index is 11.8. The Labute approximate surface area is 111 Å². The van der Waals surface area contributed by atoms with Crippen LogP contribution in [0.3, 0.4) is 0 Å². The van der Waals surface area contributed by atoms with Crippen molar-refractivity contribution in [2.24, 2.45) is 0 Å². The van der Waals surface area contributed by atoms with Gasteiger partial charge in [0.1, 0.15) is 17.4 Å². The first-order chi connectivity index (χ1) is 9.06. The Morgan fingerprint density at radius 3 is 2.58 bits per heavy atom. The number of benzene rings is 1. The van der Waals surface area contributed by atoms with Crippen LogP contribution in [0.5, 0.6) is 5.75 Å². The summed E-state index contributed by atoms with van der Waals surface area (Å²) in [5.74, 6) is 0.781. The van der Waals surface area contributed by atoms with Gasteiger partial charge in [0, 0.05) is 11.3 Å². The van der Waals surface area contributed by atoms with E-state index in [1.807, 2.05) is 31.2 Å². The van der Waals surface area contributed by atoms with Gasteiger partial charge in [-0.1, -0.05) is 6.07 Å². The number of hydrogen-bond donors (Lipinski definition) is 1. The van der Waals surface area contributed by atoms with Crippen LogP contribution in [0, 0.1) is 25.2 Å². The Morgan fingerprint density at radius 1 is 1.26 bits per heavy atom. The Kier molecular flexibility index (Phi) is 3.39.